The van der Waals surface area contributed by atoms with Gasteiger partial charge in [0.1, 0.15) is 5.75 Å². The van der Waals surface area contributed by atoms with E-state index in [0.29, 0.717) is 12.1 Å². The van der Waals surface area contributed by atoms with E-state index in [1.165, 1.54) is 25.3 Å². The Morgan fingerprint density at radius 3 is 1.92 bits per heavy atom. The van der Waals surface area contributed by atoms with Crippen LogP contribution in [0.1, 0.15) is 21.5 Å². The van der Waals surface area contributed by atoms with Crippen LogP contribution in [0.25, 0.3) is 0 Å². The lowest BCUT2D eigenvalue weighted by Gasteiger charge is -2.15. The monoisotopic (exact) mass is 363 g/mol. The molecule has 0 aromatic heterocycles. The van der Waals surface area contributed by atoms with Gasteiger partial charge in [-0.15, -0.1) is 0 Å². The second kappa shape index (κ2) is 6.66. The summed E-state index contributed by atoms with van der Waals surface area (Å²) in [5, 5.41) is 2.24. The predicted octanol–water partition coefficient (Wildman–Crippen LogP) is 4.99. The van der Waals surface area contributed by atoms with E-state index in [-0.39, 0.29) is 17.5 Å². The van der Waals surface area contributed by atoms with Crippen LogP contribution in [0.15, 0.2) is 42.5 Å². The number of amides is 1. The van der Waals surface area contributed by atoms with Crippen molar-refractivity contribution in [2.45, 2.75) is 12.4 Å². The predicted molar refractivity (Wildman–Crippen MR) is 77.4 cm³/mol. The molecule has 25 heavy (non-hydrogen) atoms. The number of ether oxygens (including phenoxy) is 1. The number of rotatable bonds is 3. The fourth-order valence-electron chi connectivity index (χ4n) is 2.03. The van der Waals surface area contributed by atoms with Crippen LogP contribution >= 0.6 is 0 Å². The average molecular weight is 363 g/mol. The molecule has 0 aliphatic carbocycles. The summed E-state index contributed by atoms with van der Waals surface area (Å²) in [6.07, 6.45) is -10.1. The quantitative estimate of drug-likeness (QED) is 0.781. The number of nitrogens with one attached hydrogen (secondary N) is 1. The van der Waals surface area contributed by atoms with Crippen molar-refractivity contribution in [3.63, 3.8) is 0 Å². The van der Waals surface area contributed by atoms with Gasteiger partial charge in [0.25, 0.3) is 5.91 Å². The molecular formula is C16H11F6NO2. The van der Waals surface area contributed by atoms with Gasteiger partial charge in [0, 0.05) is 5.56 Å². The topological polar surface area (TPSA) is 38.3 Å². The van der Waals surface area contributed by atoms with Gasteiger partial charge >= 0.3 is 12.4 Å². The Labute approximate surface area is 138 Å². The smallest absolute Gasteiger partial charge is 0.416 e. The first kappa shape index (κ1) is 18.6. The second-order valence-corrected chi connectivity index (χ2v) is 4.95. The summed E-state index contributed by atoms with van der Waals surface area (Å²) < 4.78 is 81.9. The number of hydrogen-bond acceptors (Lipinski definition) is 2. The summed E-state index contributed by atoms with van der Waals surface area (Å²) in [5.41, 5.74) is -3.78. The lowest BCUT2D eigenvalue weighted by atomic mass is 10.0. The van der Waals surface area contributed by atoms with Crippen molar-refractivity contribution in [3.05, 3.63) is 59.2 Å². The van der Waals surface area contributed by atoms with Crippen LogP contribution in [0.5, 0.6) is 5.75 Å². The minimum absolute atomic E-state index is 0.0418. The van der Waals surface area contributed by atoms with E-state index >= 15 is 0 Å². The first-order valence-corrected chi connectivity index (χ1v) is 6.76. The number of hydrogen-bond donors (Lipinski definition) is 1. The summed E-state index contributed by atoms with van der Waals surface area (Å²) in [6, 6.07) is 6.66. The van der Waals surface area contributed by atoms with E-state index in [2.05, 4.69) is 5.32 Å². The Hall–Kier alpha value is -2.71. The summed E-state index contributed by atoms with van der Waals surface area (Å²) in [6.45, 7) is 0. The lowest BCUT2D eigenvalue weighted by Crippen LogP contribution is -2.17. The fourth-order valence-corrected chi connectivity index (χ4v) is 2.03. The number of anilines is 1. The summed E-state index contributed by atoms with van der Waals surface area (Å²) in [7, 11) is 1.30. The molecule has 0 radical (unpaired) electrons. The van der Waals surface area contributed by atoms with Crippen molar-refractivity contribution >= 4 is 11.6 Å². The van der Waals surface area contributed by atoms with Crippen LogP contribution in [0.4, 0.5) is 32.0 Å². The van der Waals surface area contributed by atoms with Crippen LogP contribution < -0.4 is 10.1 Å². The van der Waals surface area contributed by atoms with E-state index in [9.17, 15) is 31.1 Å². The number of alkyl halides is 6. The third-order valence-corrected chi connectivity index (χ3v) is 3.21. The number of halogens is 6. The third kappa shape index (κ3) is 4.43. The van der Waals surface area contributed by atoms with Crippen molar-refractivity contribution in [2.24, 2.45) is 0 Å². The van der Waals surface area contributed by atoms with Crippen molar-refractivity contribution in [1.82, 2.24) is 0 Å². The highest BCUT2D eigenvalue weighted by Crippen LogP contribution is 2.36. The average Bonchev–Trinajstić information content (AvgIpc) is 2.53. The van der Waals surface area contributed by atoms with Gasteiger partial charge in [0.15, 0.2) is 0 Å². The molecule has 9 heteroatoms. The molecule has 1 N–H and O–H groups in total. The molecule has 0 fully saturated rings. The molecule has 0 saturated heterocycles. The van der Waals surface area contributed by atoms with E-state index in [4.69, 9.17) is 4.74 Å². The fraction of sp³-hybridized carbons (Fsp3) is 0.188. The zero-order chi connectivity index (χ0) is 18.8. The summed E-state index contributed by atoms with van der Waals surface area (Å²) in [4.78, 5) is 12.1. The van der Waals surface area contributed by atoms with Crippen molar-refractivity contribution in [3.8, 4) is 5.75 Å². The number of carbonyl (C=O) groups is 1. The molecule has 0 bridgehead atoms. The summed E-state index contributed by atoms with van der Waals surface area (Å²) in [5.74, 6) is -0.917. The number of carbonyl (C=O) groups excluding carboxylic acids is 1. The number of para-hydroxylation sites is 2. The largest absolute Gasteiger partial charge is 0.495 e. The van der Waals surface area contributed by atoms with Gasteiger partial charge in [-0.3, -0.25) is 4.79 Å². The molecule has 0 atom stereocenters. The van der Waals surface area contributed by atoms with Crippen LogP contribution in [0, 0.1) is 0 Å². The molecular weight excluding hydrogens is 352 g/mol. The van der Waals surface area contributed by atoms with Gasteiger partial charge in [0.05, 0.1) is 23.9 Å². The SMILES string of the molecule is COc1ccccc1NC(=O)c1cc(C(F)(F)F)cc(C(F)(F)F)c1. The van der Waals surface area contributed by atoms with Gasteiger partial charge < -0.3 is 10.1 Å². The minimum atomic E-state index is -5.03. The van der Waals surface area contributed by atoms with Crippen LogP contribution in [0.3, 0.4) is 0 Å². The van der Waals surface area contributed by atoms with Crippen molar-refractivity contribution in [2.75, 3.05) is 12.4 Å². The molecule has 3 nitrogen and oxygen atoms in total. The second-order valence-electron chi connectivity index (χ2n) is 4.95. The first-order valence-electron chi connectivity index (χ1n) is 6.76. The Kier molecular flexibility index (Phi) is 4.96. The molecule has 2 rings (SSSR count). The number of methoxy groups -OCH3 is 1. The van der Waals surface area contributed by atoms with Gasteiger partial charge in [-0.05, 0) is 30.3 Å². The lowest BCUT2D eigenvalue weighted by molar-refractivity contribution is -0.143. The molecule has 2 aromatic rings. The van der Waals surface area contributed by atoms with Crippen LogP contribution in [0.2, 0.25) is 0 Å². The van der Waals surface area contributed by atoms with Gasteiger partial charge in [-0.2, -0.15) is 26.3 Å². The maximum absolute atomic E-state index is 12.8. The Balaban J connectivity index is 2.45. The molecule has 0 aliphatic heterocycles. The maximum atomic E-state index is 12.8. The van der Waals surface area contributed by atoms with Crippen LogP contribution in [-0.2, 0) is 12.4 Å². The van der Waals surface area contributed by atoms with Crippen molar-refractivity contribution in [1.29, 1.82) is 0 Å². The van der Waals surface area contributed by atoms with Gasteiger partial charge in [0.2, 0.25) is 0 Å². The van der Waals surface area contributed by atoms with E-state index in [0.717, 1.165) is 0 Å². The minimum Gasteiger partial charge on any atom is -0.495 e. The Morgan fingerprint density at radius 2 is 1.44 bits per heavy atom. The highest BCUT2D eigenvalue weighted by Gasteiger charge is 2.37. The number of benzene rings is 2. The first-order chi connectivity index (χ1) is 11.5. The van der Waals surface area contributed by atoms with Crippen LogP contribution in [-0.4, -0.2) is 13.0 Å². The molecule has 0 saturated carbocycles. The molecule has 2 aromatic carbocycles. The van der Waals surface area contributed by atoms with Crippen molar-refractivity contribution < 1.29 is 35.9 Å². The Morgan fingerprint density at radius 1 is 0.920 bits per heavy atom. The molecule has 0 unspecified atom stereocenters. The highest BCUT2D eigenvalue weighted by atomic mass is 19.4. The highest BCUT2D eigenvalue weighted by molar-refractivity contribution is 6.05. The normalized spacial score (nSPS) is 12.0. The standard InChI is InChI=1S/C16H11F6NO2/c1-25-13-5-3-2-4-12(13)23-14(24)9-6-10(15(17,18)19)8-11(7-9)16(20,21)22/h2-8H,1H3,(H,23,24). The van der Waals surface area contributed by atoms with Gasteiger partial charge in [-0.25, -0.2) is 0 Å². The molecule has 0 aliphatic rings. The molecule has 134 valence electrons. The molecule has 0 spiro atoms. The molecule has 0 heterocycles. The van der Waals surface area contributed by atoms with E-state index in [1.807, 2.05) is 0 Å². The van der Waals surface area contributed by atoms with E-state index in [1.54, 1.807) is 6.07 Å². The zero-order valence-electron chi connectivity index (χ0n) is 12.6. The van der Waals surface area contributed by atoms with Gasteiger partial charge in [-0.1, -0.05) is 12.1 Å². The Bertz CT molecular complexity index is 751. The summed E-state index contributed by atoms with van der Waals surface area (Å²) >= 11 is 0. The zero-order valence-corrected chi connectivity index (χ0v) is 12.6. The maximum Gasteiger partial charge on any atom is 0.416 e. The van der Waals surface area contributed by atoms with E-state index < -0.39 is 35.0 Å². The third-order valence-electron chi connectivity index (χ3n) is 3.21. The molecule has 1 amide bonds.